The van der Waals surface area contributed by atoms with Crippen LogP contribution in [0, 0.1) is 0 Å². The van der Waals surface area contributed by atoms with Crippen molar-refractivity contribution in [1.82, 2.24) is 9.55 Å². The highest BCUT2D eigenvalue weighted by molar-refractivity contribution is 7.98. The molecule has 0 bridgehead atoms. The van der Waals surface area contributed by atoms with Gasteiger partial charge in [0, 0.05) is 48.1 Å². The van der Waals surface area contributed by atoms with Crippen molar-refractivity contribution in [1.29, 1.82) is 0 Å². The van der Waals surface area contributed by atoms with Crippen LogP contribution in [0.2, 0.25) is 0 Å². The van der Waals surface area contributed by atoms with Gasteiger partial charge in [-0.15, -0.1) is 0 Å². The fraction of sp³-hybridized carbons (Fsp3) is 0.273. The first kappa shape index (κ1) is 18.6. The molecule has 1 fully saturated rings. The lowest BCUT2D eigenvalue weighted by atomic mass is 10.1. The molecule has 144 valence electrons. The van der Waals surface area contributed by atoms with Crippen LogP contribution in [-0.2, 0) is 0 Å². The zero-order valence-corrected chi connectivity index (χ0v) is 16.8. The van der Waals surface area contributed by atoms with Crippen molar-refractivity contribution in [2.75, 3.05) is 29.6 Å². The van der Waals surface area contributed by atoms with Crippen LogP contribution in [0.4, 0.5) is 11.4 Å². The van der Waals surface area contributed by atoms with E-state index in [0.717, 1.165) is 29.6 Å². The third-order valence-corrected chi connectivity index (χ3v) is 5.71. The van der Waals surface area contributed by atoms with Gasteiger partial charge in [0.2, 0.25) is 0 Å². The molecule has 1 aromatic heterocycles. The molecule has 0 spiro atoms. The standard InChI is InChI=1S/C22H24N4OS/c1-28-22-23-13-16-26(22)20-9-5-17(6-10-20)21(27)24-18-7-11-19(12-8-18)25-14-3-2-4-15-25/h5-13,16H,2-4,14-15H2,1H3,(H,24,27). The Labute approximate surface area is 169 Å². The van der Waals surface area contributed by atoms with Crippen LogP contribution >= 0.6 is 11.8 Å². The second-order valence-electron chi connectivity index (χ2n) is 6.88. The second-order valence-corrected chi connectivity index (χ2v) is 7.65. The number of rotatable bonds is 5. The Morgan fingerprint density at radius 2 is 1.64 bits per heavy atom. The van der Waals surface area contributed by atoms with Gasteiger partial charge in [-0.3, -0.25) is 9.36 Å². The average Bonchev–Trinajstić information content (AvgIpc) is 3.24. The molecule has 4 rings (SSSR count). The summed E-state index contributed by atoms with van der Waals surface area (Å²) in [5.74, 6) is -0.104. The molecule has 0 atom stereocenters. The monoisotopic (exact) mass is 392 g/mol. The molecule has 1 N–H and O–H groups in total. The molecule has 28 heavy (non-hydrogen) atoms. The van der Waals surface area contributed by atoms with Gasteiger partial charge < -0.3 is 10.2 Å². The van der Waals surface area contributed by atoms with E-state index in [2.05, 4.69) is 27.3 Å². The number of amides is 1. The Balaban J connectivity index is 1.42. The number of benzene rings is 2. The number of carbonyl (C=O) groups excluding carboxylic acids is 1. The quantitative estimate of drug-likeness (QED) is 0.632. The number of hydrogen-bond acceptors (Lipinski definition) is 4. The molecule has 3 aromatic rings. The number of thioether (sulfide) groups is 1. The Bertz CT molecular complexity index is 928. The van der Waals surface area contributed by atoms with Gasteiger partial charge in [-0.05, 0) is 74.0 Å². The van der Waals surface area contributed by atoms with E-state index in [1.165, 1.54) is 24.9 Å². The van der Waals surface area contributed by atoms with Crippen molar-refractivity contribution < 1.29 is 4.79 Å². The Kier molecular flexibility index (Phi) is 5.67. The third-order valence-electron chi connectivity index (χ3n) is 5.04. The van der Waals surface area contributed by atoms with E-state index in [4.69, 9.17) is 0 Å². The summed E-state index contributed by atoms with van der Waals surface area (Å²) >= 11 is 1.59. The van der Waals surface area contributed by atoms with Gasteiger partial charge in [-0.1, -0.05) is 11.8 Å². The van der Waals surface area contributed by atoms with Gasteiger partial charge in [0.05, 0.1) is 0 Å². The van der Waals surface area contributed by atoms with Gasteiger partial charge in [-0.25, -0.2) is 4.98 Å². The molecule has 1 aliphatic heterocycles. The summed E-state index contributed by atoms with van der Waals surface area (Å²) in [5, 5.41) is 3.91. The molecule has 0 saturated carbocycles. The highest BCUT2D eigenvalue weighted by Crippen LogP contribution is 2.22. The summed E-state index contributed by atoms with van der Waals surface area (Å²) in [7, 11) is 0. The molecular weight excluding hydrogens is 368 g/mol. The highest BCUT2D eigenvalue weighted by Gasteiger charge is 2.12. The molecular formula is C22H24N4OS. The van der Waals surface area contributed by atoms with Gasteiger partial charge in [-0.2, -0.15) is 0 Å². The summed E-state index contributed by atoms with van der Waals surface area (Å²) in [5.41, 5.74) is 3.67. The van der Waals surface area contributed by atoms with Crippen LogP contribution in [0.1, 0.15) is 29.6 Å². The summed E-state index contributed by atoms with van der Waals surface area (Å²) in [6, 6.07) is 15.7. The van der Waals surface area contributed by atoms with Crippen LogP contribution < -0.4 is 10.2 Å². The Morgan fingerprint density at radius 3 is 2.32 bits per heavy atom. The lowest BCUT2D eigenvalue weighted by molar-refractivity contribution is 0.102. The largest absolute Gasteiger partial charge is 0.372 e. The van der Waals surface area contributed by atoms with Crippen LogP contribution in [0.25, 0.3) is 5.69 Å². The second kappa shape index (κ2) is 8.52. The van der Waals surface area contributed by atoms with Crippen LogP contribution in [0.15, 0.2) is 66.1 Å². The highest BCUT2D eigenvalue weighted by atomic mass is 32.2. The van der Waals surface area contributed by atoms with Crippen LogP contribution in [0.5, 0.6) is 0 Å². The fourth-order valence-electron chi connectivity index (χ4n) is 3.52. The number of nitrogens with zero attached hydrogens (tertiary/aromatic N) is 3. The van der Waals surface area contributed by atoms with Gasteiger partial charge in [0.15, 0.2) is 5.16 Å². The van der Waals surface area contributed by atoms with Crippen LogP contribution in [0.3, 0.4) is 0 Å². The maximum absolute atomic E-state index is 12.6. The number of anilines is 2. The number of imidazole rings is 1. The first-order chi connectivity index (χ1) is 13.7. The van der Waals surface area contributed by atoms with Crippen molar-refractivity contribution in [3.05, 3.63) is 66.5 Å². The minimum atomic E-state index is -0.104. The summed E-state index contributed by atoms with van der Waals surface area (Å²) in [6.07, 6.45) is 9.53. The minimum Gasteiger partial charge on any atom is -0.372 e. The lowest BCUT2D eigenvalue weighted by Gasteiger charge is -2.28. The molecule has 6 heteroatoms. The summed E-state index contributed by atoms with van der Waals surface area (Å²) in [4.78, 5) is 19.3. The maximum atomic E-state index is 12.6. The number of carbonyl (C=O) groups is 1. The third kappa shape index (κ3) is 4.07. The Hall–Kier alpha value is -2.73. The van der Waals surface area contributed by atoms with Crippen molar-refractivity contribution in [2.24, 2.45) is 0 Å². The van der Waals surface area contributed by atoms with E-state index < -0.39 is 0 Å². The van der Waals surface area contributed by atoms with Crippen LogP contribution in [-0.4, -0.2) is 34.8 Å². The van der Waals surface area contributed by atoms with Gasteiger partial charge in [0.25, 0.3) is 5.91 Å². The van der Waals surface area contributed by atoms with E-state index in [1.54, 1.807) is 18.0 Å². The lowest BCUT2D eigenvalue weighted by Crippen LogP contribution is -2.29. The molecule has 5 nitrogen and oxygen atoms in total. The first-order valence-corrected chi connectivity index (χ1v) is 10.8. The SMILES string of the molecule is CSc1nccn1-c1ccc(C(=O)Nc2ccc(N3CCCCC3)cc2)cc1. The normalized spacial score (nSPS) is 14.1. The van der Waals surface area contributed by atoms with Crippen molar-refractivity contribution in [3.63, 3.8) is 0 Å². The minimum absolute atomic E-state index is 0.104. The molecule has 0 radical (unpaired) electrons. The van der Waals surface area contributed by atoms with Gasteiger partial charge in [0.1, 0.15) is 0 Å². The number of aromatic nitrogens is 2. The van der Waals surface area contributed by atoms with Crippen molar-refractivity contribution >= 4 is 29.0 Å². The van der Waals surface area contributed by atoms with E-state index in [0.29, 0.717) is 5.56 Å². The number of piperidine rings is 1. The molecule has 2 aromatic carbocycles. The van der Waals surface area contributed by atoms with Crippen molar-refractivity contribution in [2.45, 2.75) is 24.4 Å². The topological polar surface area (TPSA) is 50.2 Å². The molecule has 1 saturated heterocycles. The van der Waals surface area contributed by atoms with E-state index in [1.807, 2.05) is 53.4 Å². The van der Waals surface area contributed by atoms with E-state index in [9.17, 15) is 4.79 Å². The molecule has 1 amide bonds. The zero-order chi connectivity index (χ0) is 19.3. The predicted octanol–water partition coefficient (Wildman–Crippen LogP) is 4.84. The summed E-state index contributed by atoms with van der Waals surface area (Å²) < 4.78 is 2.01. The van der Waals surface area contributed by atoms with E-state index >= 15 is 0 Å². The maximum Gasteiger partial charge on any atom is 0.255 e. The zero-order valence-electron chi connectivity index (χ0n) is 16.0. The predicted molar refractivity (Wildman–Crippen MR) is 116 cm³/mol. The fourth-order valence-corrected chi connectivity index (χ4v) is 4.05. The molecule has 0 aliphatic carbocycles. The average molecular weight is 393 g/mol. The molecule has 0 unspecified atom stereocenters. The van der Waals surface area contributed by atoms with E-state index in [-0.39, 0.29) is 5.91 Å². The summed E-state index contributed by atoms with van der Waals surface area (Å²) in [6.45, 7) is 2.24. The number of nitrogens with one attached hydrogen (secondary N) is 1. The van der Waals surface area contributed by atoms with Crippen molar-refractivity contribution in [3.8, 4) is 5.69 Å². The smallest absolute Gasteiger partial charge is 0.255 e. The first-order valence-electron chi connectivity index (χ1n) is 9.59. The number of hydrogen-bond donors (Lipinski definition) is 1. The molecule has 1 aliphatic rings. The Morgan fingerprint density at radius 1 is 0.964 bits per heavy atom. The van der Waals surface area contributed by atoms with Gasteiger partial charge >= 0.3 is 0 Å². The molecule has 2 heterocycles.